The lowest BCUT2D eigenvalue weighted by atomic mass is 10.1. The van der Waals surface area contributed by atoms with Gasteiger partial charge in [-0.15, -0.1) is 0 Å². The third kappa shape index (κ3) is 6.88. The van der Waals surface area contributed by atoms with Gasteiger partial charge in [0.05, 0.1) is 10.9 Å². The monoisotopic (exact) mass is 420 g/mol. The molecule has 0 radical (unpaired) electrons. The van der Waals surface area contributed by atoms with Gasteiger partial charge in [0.25, 0.3) is 5.91 Å². The van der Waals surface area contributed by atoms with E-state index in [9.17, 15) is 18.0 Å². The highest BCUT2D eigenvalue weighted by atomic mass is 32.2. The van der Waals surface area contributed by atoms with Gasteiger partial charge in [0.2, 0.25) is 10.0 Å². The number of rotatable bonds is 9. The van der Waals surface area contributed by atoms with Crippen LogP contribution in [0.1, 0.15) is 31.9 Å². The van der Waals surface area contributed by atoms with Crippen LogP contribution in [0.5, 0.6) is 5.75 Å². The standard InChI is InChI=1S/C20H24N2O6S/c1-3-18(28-16-7-5-4-6-8-16)20(24)27-13-19(23)22-14(2)15-9-11-17(12-10-15)29(21,25)26/h4-12,14,18H,3,13H2,1-2H3,(H,22,23)(H2,21,25,26)/t14-,18+/m1/s1. The van der Waals surface area contributed by atoms with Crippen molar-refractivity contribution in [3.8, 4) is 5.75 Å². The van der Waals surface area contributed by atoms with Crippen LogP contribution in [-0.4, -0.2) is 33.0 Å². The fourth-order valence-corrected chi connectivity index (χ4v) is 3.02. The van der Waals surface area contributed by atoms with Crippen molar-refractivity contribution in [1.29, 1.82) is 0 Å². The second-order valence-electron chi connectivity index (χ2n) is 6.34. The topological polar surface area (TPSA) is 125 Å². The van der Waals surface area contributed by atoms with Gasteiger partial charge in [-0.3, -0.25) is 4.79 Å². The average Bonchev–Trinajstić information content (AvgIpc) is 2.70. The van der Waals surface area contributed by atoms with E-state index in [4.69, 9.17) is 14.6 Å². The first-order valence-corrected chi connectivity index (χ1v) is 10.6. The van der Waals surface area contributed by atoms with Crippen LogP contribution < -0.4 is 15.2 Å². The first-order chi connectivity index (χ1) is 13.7. The number of nitrogens with one attached hydrogen (secondary N) is 1. The molecule has 0 aliphatic rings. The second kappa shape index (κ2) is 10.0. The van der Waals surface area contributed by atoms with Crippen LogP contribution in [0.2, 0.25) is 0 Å². The number of carbonyl (C=O) groups is 2. The van der Waals surface area contributed by atoms with E-state index in [1.165, 1.54) is 12.1 Å². The molecule has 0 bridgehead atoms. The van der Waals surface area contributed by atoms with Crippen molar-refractivity contribution in [2.45, 2.75) is 37.3 Å². The lowest BCUT2D eigenvalue weighted by Gasteiger charge is -2.18. The summed E-state index contributed by atoms with van der Waals surface area (Å²) in [5, 5.41) is 7.74. The highest BCUT2D eigenvalue weighted by molar-refractivity contribution is 7.89. The van der Waals surface area contributed by atoms with Gasteiger partial charge in [-0.05, 0) is 43.2 Å². The summed E-state index contributed by atoms with van der Waals surface area (Å²) in [6.07, 6.45) is -0.421. The van der Waals surface area contributed by atoms with Crippen molar-refractivity contribution in [3.05, 3.63) is 60.2 Å². The van der Waals surface area contributed by atoms with Crippen molar-refractivity contribution in [3.63, 3.8) is 0 Å². The number of hydrogen-bond acceptors (Lipinski definition) is 6. The molecular weight excluding hydrogens is 396 g/mol. The summed E-state index contributed by atoms with van der Waals surface area (Å²) < 4.78 is 33.2. The molecule has 2 aromatic rings. The SMILES string of the molecule is CC[C@H](Oc1ccccc1)C(=O)OCC(=O)N[C@H](C)c1ccc(S(N)(=O)=O)cc1. The number of carbonyl (C=O) groups excluding carboxylic acids is 2. The number of hydrogen-bond donors (Lipinski definition) is 2. The molecule has 0 aromatic heterocycles. The molecule has 0 aliphatic carbocycles. The number of nitrogens with two attached hydrogens (primary N) is 1. The third-order valence-electron chi connectivity index (χ3n) is 4.09. The largest absolute Gasteiger partial charge is 0.479 e. The van der Waals surface area contributed by atoms with Crippen LogP contribution in [0.25, 0.3) is 0 Å². The molecule has 3 N–H and O–H groups in total. The average molecular weight is 420 g/mol. The third-order valence-corrected chi connectivity index (χ3v) is 5.02. The maximum absolute atomic E-state index is 12.2. The molecule has 2 rings (SSSR count). The molecule has 0 saturated heterocycles. The smallest absolute Gasteiger partial charge is 0.347 e. The van der Waals surface area contributed by atoms with Gasteiger partial charge in [-0.25, -0.2) is 18.4 Å². The first-order valence-electron chi connectivity index (χ1n) is 9.01. The minimum atomic E-state index is -3.78. The number of sulfonamides is 1. The van der Waals surface area contributed by atoms with E-state index in [2.05, 4.69) is 5.32 Å². The molecule has 2 aromatic carbocycles. The summed E-state index contributed by atoms with van der Waals surface area (Å²) in [5.74, 6) is -0.579. The fraction of sp³-hybridized carbons (Fsp3) is 0.300. The zero-order valence-electron chi connectivity index (χ0n) is 16.2. The minimum absolute atomic E-state index is 0.0160. The van der Waals surface area contributed by atoms with Gasteiger partial charge in [-0.2, -0.15) is 0 Å². The van der Waals surface area contributed by atoms with Crippen molar-refractivity contribution in [2.24, 2.45) is 5.14 Å². The molecule has 1 amide bonds. The lowest BCUT2D eigenvalue weighted by Crippen LogP contribution is -2.35. The normalized spacial score (nSPS) is 13.2. The summed E-state index contributed by atoms with van der Waals surface area (Å²) in [4.78, 5) is 24.2. The highest BCUT2D eigenvalue weighted by Crippen LogP contribution is 2.16. The summed E-state index contributed by atoms with van der Waals surface area (Å²) in [7, 11) is -3.78. The molecule has 2 atom stereocenters. The van der Waals surface area contributed by atoms with Gasteiger partial charge in [0, 0.05) is 0 Å². The molecular formula is C20H24N2O6S. The van der Waals surface area contributed by atoms with E-state index in [1.54, 1.807) is 50.2 Å². The van der Waals surface area contributed by atoms with E-state index in [0.717, 1.165) is 0 Å². The quantitative estimate of drug-likeness (QED) is 0.597. The Bertz CT molecular complexity index is 929. The van der Waals surface area contributed by atoms with Crippen LogP contribution in [0.4, 0.5) is 0 Å². The molecule has 0 unspecified atom stereocenters. The highest BCUT2D eigenvalue weighted by Gasteiger charge is 2.21. The molecule has 9 heteroatoms. The number of ether oxygens (including phenoxy) is 2. The van der Waals surface area contributed by atoms with Gasteiger partial charge in [-0.1, -0.05) is 37.3 Å². The molecule has 0 heterocycles. The van der Waals surface area contributed by atoms with Crippen LogP contribution in [0, 0.1) is 0 Å². The number of amides is 1. The molecule has 8 nitrogen and oxygen atoms in total. The van der Waals surface area contributed by atoms with E-state index in [0.29, 0.717) is 17.7 Å². The molecule has 29 heavy (non-hydrogen) atoms. The molecule has 0 spiro atoms. The van der Waals surface area contributed by atoms with Crippen molar-refractivity contribution < 1.29 is 27.5 Å². The zero-order chi connectivity index (χ0) is 21.4. The molecule has 0 aliphatic heterocycles. The summed E-state index contributed by atoms with van der Waals surface area (Å²) in [5.41, 5.74) is 0.677. The van der Waals surface area contributed by atoms with Crippen molar-refractivity contribution in [1.82, 2.24) is 5.32 Å². The molecule has 0 fully saturated rings. The van der Waals surface area contributed by atoms with E-state index in [1.807, 2.05) is 6.07 Å². The number of primary sulfonamides is 1. The van der Waals surface area contributed by atoms with Crippen LogP contribution in [0.3, 0.4) is 0 Å². The first kappa shape index (κ1) is 22.4. The Hall–Kier alpha value is -2.91. The Morgan fingerprint density at radius 1 is 1.07 bits per heavy atom. The Labute approximate surface area is 170 Å². The van der Waals surface area contributed by atoms with E-state index >= 15 is 0 Å². The van der Waals surface area contributed by atoms with E-state index < -0.39 is 40.7 Å². The van der Waals surface area contributed by atoms with Gasteiger partial charge >= 0.3 is 5.97 Å². The minimum Gasteiger partial charge on any atom is -0.479 e. The predicted molar refractivity (Wildman–Crippen MR) is 106 cm³/mol. The summed E-state index contributed by atoms with van der Waals surface area (Å²) in [6, 6.07) is 14.3. The number of esters is 1. The Kier molecular flexibility index (Phi) is 7.74. The number of benzene rings is 2. The van der Waals surface area contributed by atoms with Gasteiger partial charge < -0.3 is 14.8 Å². The zero-order valence-corrected chi connectivity index (χ0v) is 17.0. The maximum atomic E-state index is 12.2. The van der Waals surface area contributed by atoms with Crippen LogP contribution in [0.15, 0.2) is 59.5 Å². The predicted octanol–water partition coefficient (Wildman–Crippen LogP) is 1.91. The fourth-order valence-electron chi connectivity index (χ4n) is 2.50. The van der Waals surface area contributed by atoms with Crippen molar-refractivity contribution >= 4 is 21.9 Å². The van der Waals surface area contributed by atoms with Gasteiger partial charge in [0.1, 0.15) is 5.75 Å². The molecule has 156 valence electrons. The Morgan fingerprint density at radius 2 is 1.69 bits per heavy atom. The van der Waals surface area contributed by atoms with Gasteiger partial charge in [0.15, 0.2) is 12.7 Å². The number of para-hydroxylation sites is 1. The van der Waals surface area contributed by atoms with Crippen LogP contribution in [-0.2, 0) is 24.3 Å². The second-order valence-corrected chi connectivity index (χ2v) is 7.90. The summed E-state index contributed by atoms with van der Waals surface area (Å²) in [6.45, 7) is 3.05. The van der Waals surface area contributed by atoms with Crippen molar-refractivity contribution in [2.75, 3.05) is 6.61 Å². The Morgan fingerprint density at radius 3 is 2.24 bits per heavy atom. The lowest BCUT2D eigenvalue weighted by molar-refractivity contribution is -0.155. The maximum Gasteiger partial charge on any atom is 0.347 e. The van der Waals surface area contributed by atoms with Crippen LogP contribution >= 0.6 is 0 Å². The molecule has 0 saturated carbocycles. The Balaban J connectivity index is 1.85. The summed E-state index contributed by atoms with van der Waals surface area (Å²) >= 11 is 0. The van der Waals surface area contributed by atoms with E-state index in [-0.39, 0.29) is 4.90 Å².